The summed E-state index contributed by atoms with van der Waals surface area (Å²) in [7, 11) is 0.833. The van der Waals surface area contributed by atoms with Crippen LogP contribution in [0.5, 0.6) is 0 Å². The lowest BCUT2D eigenvalue weighted by molar-refractivity contribution is 1.39. The first-order chi connectivity index (χ1) is 6.93. The van der Waals surface area contributed by atoms with Crippen LogP contribution >= 0.6 is 8.58 Å². The summed E-state index contributed by atoms with van der Waals surface area (Å²) in [6.07, 6.45) is 8.54. The van der Waals surface area contributed by atoms with Crippen molar-refractivity contribution < 1.29 is 0 Å². The molecule has 0 radical (unpaired) electrons. The summed E-state index contributed by atoms with van der Waals surface area (Å²) in [4.78, 5) is 4.65. The summed E-state index contributed by atoms with van der Waals surface area (Å²) in [5.41, 5.74) is 2.89. The second-order valence-electron chi connectivity index (χ2n) is 3.42. The topological polar surface area (TPSA) is 12.4 Å². The van der Waals surface area contributed by atoms with Crippen molar-refractivity contribution in [1.82, 2.24) is 0 Å². The van der Waals surface area contributed by atoms with Crippen molar-refractivity contribution in [2.45, 2.75) is 5.66 Å². The van der Waals surface area contributed by atoms with Crippen LogP contribution in [-0.4, -0.2) is 11.4 Å². The maximum absolute atomic E-state index is 4.65. The molecule has 1 aliphatic carbocycles. The first-order valence-corrected chi connectivity index (χ1v) is 5.80. The third-order valence-corrected chi connectivity index (χ3v) is 4.00. The largest absolute Gasteiger partial charge is 0.252 e. The zero-order chi connectivity index (χ0) is 9.38. The summed E-state index contributed by atoms with van der Waals surface area (Å²) in [5.74, 6) is 0. The Kier molecular flexibility index (Phi) is 1.85. The van der Waals surface area contributed by atoms with Crippen molar-refractivity contribution in [2.75, 3.05) is 0 Å². The van der Waals surface area contributed by atoms with Gasteiger partial charge in [0.1, 0.15) is 0 Å². The number of fused-ring (bicyclic) bond motifs is 2. The van der Waals surface area contributed by atoms with Gasteiger partial charge in [-0.3, -0.25) is 4.99 Å². The van der Waals surface area contributed by atoms with Crippen molar-refractivity contribution in [3.8, 4) is 0 Å². The lowest BCUT2D eigenvalue weighted by Gasteiger charge is -2.22. The molecule has 1 aromatic rings. The van der Waals surface area contributed by atoms with Gasteiger partial charge in [0.15, 0.2) is 0 Å². The zero-order valence-electron chi connectivity index (χ0n) is 7.64. The number of nitrogens with zero attached hydrogens (tertiary/aromatic N) is 1. The van der Waals surface area contributed by atoms with Gasteiger partial charge in [-0.25, -0.2) is 0 Å². The standard InChI is InChI=1S/C12H10NP/c1-3-7-11-9(5-1)13-10-6-2-4-8-12(10)14-11/h1-8,11,14H. The Morgan fingerprint density at radius 3 is 3.07 bits per heavy atom. The Bertz CT molecular complexity index is 457. The van der Waals surface area contributed by atoms with Crippen LogP contribution in [0.15, 0.2) is 53.6 Å². The van der Waals surface area contributed by atoms with Crippen LogP contribution in [0, 0.1) is 0 Å². The molecule has 0 saturated carbocycles. The minimum atomic E-state index is 0.523. The third kappa shape index (κ3) is 1.25. The molecule has 3 rings (SSSR count). The van der Waals surface area contributed by atoms with E-state index < -0.39 is 0 Å². The highest BCUT2D eigenvalue weighted by Crippen LogP contribution is 2.33. The van der Waals surface area contributed by atoms with E-state index in [9.17, 15) is 0 Å². The molecule has 1 heterocycles. The van der Waals surface area contributed by atoms with E-state index in [4.69, 9.17) is 0 Å². The summed E-state index contributed by atoms with van der Waals surface area (Å²) in [5, 5.41) is 1.39. The fourth-order valence-electron chi connectivity index (χ4n) is 1.76. The third-order valence-electron chi connectivity index (χ3n) is 2.46. The van der Waals surface area contributed by atoms with E-state index in [-0.39, 0.29) is 0 Å². The van der Waals surface area contributed by atoms with Gasteiger partial charge >= 0.3 is 0 Å². The number of hydrogen-bond donors (Lipinski definition) is 0. The summed E-state index contributed by atoms with van der Waals surface area (Å²) in [6, 6.07) is 8.42. The Labute approximate surface area is 85.0 Å². The van der Waals surface area contributed by atoms with E-state index in [1.54, 1.807) is 0 Å². The first kappa shape index (κ1) is 8.14. The van der Waals surface area contributed by atoms with Gasteiger partial charge in [0.2, 0.25) is 0 Å². The van der Waals surface area contributed by atoms with Crippen molar-refractivity contribution >= 4 is 25.3 Å². The monoisotopic (exact) mass is 199 g/mol. The lowest BCUT2D eigenvalue weighted by Crippen LogP contribution is -2.20. The molecule has 1 aliphatic heterocycles. The minimum absolute atomic E-state index is 0.523. The van der Waals surface area contributed by atoms with E-state index in [1.807, 2.05) is 0 Å². The molecule has 1 aromatic carbocycles. The second kappa shape index (κ2) is 3.18. The molecule has 0 amide bonds. The first-order valence-electron chi connectivity index (χ1n) is 4.72. The normalized spacial score (nSPS) is 24.3. The molecule has 14 heavy (non-hydrogen) atoms. The second-order valence-corrected chi connectivity index (χ2v) is 4.87. The molecule has 2 unspecified atom stereocenters. The number of allylic oxidation sites excluding steroid dienone is 4. The van der Waals surface area contributed by atoms with Gasteiger partial charge < -0.3 is 0 Å². The number of hydrogen-bond acceptors (Lipinski definition) is 1. The molecule has 0 N–H and O–H groups in total. The van der Waals surface area contributed by atoms with Gasteiger partial charge in [-0.05, 0) is 17.4 Å². The molecule has 1 nitrogen and oxygen atoms in total. The summed E-state index contributed by atoms with van der Waals surface area (Å²) in [6.45, 7) is 0. The molecule has 0 fully saturated rings. The Hall–Kier alpha value is -1.20. The predicted octanol–water partition coefficient (Wildman–Crippen LogP) is 2.57. The molecule has 0 aromatic heterocycles. The van der Waals surface area contributed by atoms with Crippen molar-refractivity contribution in [2.24, 2.45) is 4.99 Å². The van der Waals surface area contributed by atoms with Gasteiger partial charge in [0.05, 0.1) is 11.4 Å². The molecule has 0 bridgehead atoms. The summed E-state index contributed by atoms with van der Waals surface area (Å²) >= 11 is 0. The van der Waals surface area contributed by atoms with Crippen molar-refractivity contribution in [3.63, 3.8) is 0 Å². The number of rotatable bonds is 0. The molecule has 0 saturated heterocycles. The van der Waals surface area contributed by atoms with Gasteiger partial charge in [-0.15, -0.1) is 0 Å². The van der Waals surface area contributed by atoms with Crippen molar-refractivity contribution in [1.29, 1.82) is 0 Å². The van der Waals surface area contributed by atoms with Gasteiger partial charge in [0, 0.05) is 5.66 Å². The van der Waals surface area contributed by atoms with Gasteiger partial charge in [0.25, 0.3) is 0 Å². The number of aliphatic imine (C=N–C) groups is 1. The molecular formula is C12H10NP. The number of para-hydroxylation sites is 1. The highest BCUT2D eigenvalue weighted by molar-refractivity contribution is 7.50. The predicted molar refractivity (Wildman–Crippen MR) is 63.6 cm³/mol. The van der Waals surface area contributed by atoms with E-state index in [1.165, 1.54) is 11.0 Å². The van der Waals surface area contributed by atoms with Gasteiger partial charge in [-0.2, -0.15) is 0 Å². The molecule has 68 valence electrons. The Balaban J connectivity index is 2.13. The smallest absolute Gasteiger partial charge is 0.0707 e. The van der Waals surface area contributed by atoms with E-state index in [0.717, 1.165) is 14.3 Å². The fraction of sp³-hybridized carbons (Fsp3) is 0.0833. The maximum Gasteiger partial charge on any atom is 0.0707 e. The minimum Gasteiger partial charge on any atom is -0.252 e. The SMILES string of the molecule is C1=CC2=Nc3ccccc3PC2C=C1. The molecule has 2 heteroatoms. The highest BCUT2D eigenvalue weighted by atomic mass is 31.1. The van der Waals surface area contributed by atoms with E-state index in [0.29, 0.717) is 5.66 Å². The lowest BCUT2D eigenvalue weighted by atomic mass is 10.1. The van der Waals surface area contributed by atoms with E-state index in [2.05, 4.69) is 53.6 Å². The summed E-state index contributed by atoms with van der Waals surface area (Å²) < 4.78 is 0. The molecule has 2 aliphatic rings. The molecule has 0 spiro atoms. The Morgan fingerprint density at radius 2 is 2.07 bits per heavy atom. The van der Waals surface area contributed by atoms with Crippen molar-refractivity contribution in [3.05, 3.63) is 48.6 Å². The van der Waals surface area contributed by atoms with Crippen LogP contribution in [0.25, 0.3) is 0 Å². The number of benzene rings is 1. The van der Waals surface area contributed by atoms with Crippen LogP contribution in [-0.2, 0) is 0 Å². The highest BCUT2D eigenvalue weighted by Gasteiger charge is 2.19. The van der Waals surface area contributed by atoms with Crippen LogP contribution in [0.4, 0.5) is 5.69 Å². The Morgan fingerprint density at radius 1 is 1.14 bits per heavy atom. The average molecular weight is 199 g/mol. The maximum atomic E-state index is 4.65. The van der Waals surface area contributed by atoms with Crippen LogP contribution in [0.3, 0.4) is 0 Å². The molecule has 2 atom stereocenters. The van der Waals surface area contributed by atoms with Gasteiger partial charge in [-0.1, -0.05) is 45.0 Å². The quantitative estimate of drug-likeness (QED) is 0.569. The zero-order valence-corrected chi connectivity index (χ0v) is 8.64. The fourth-order valence-corrected chi connectivity index (χ4v) is 3.09. The van der Waals surface area contributed by atoms with E-state index >= 15 is 0 Å². The van der Waals surface area contributed by atoms with Crippen LogP contribution in [0.2, 0.25) is 0 Å². The molecular weight excluding hydrogens is 189 g/mol. The van der Waals surface area contributed by atoms with Crippen LogP contribution < -0.4 is 5.30 Å². The van der Waals surface area contributed by atoms with Crippen LogP contribution in [0.1, 0.15) is 0 Å². The average Bonchev–Trinajstić information content (AvgIpc) is 2.26.